The number of carbonyl (C=O) groups is 1. The fraction of sp³-hybridized carbons (Fsp3) is 0.391. The van der Waals surface area contributed by atoms with Gasteiger partial charge in [-0.2, -0.15) is 4.99 Å². The van der Waals surface area contributed by atoms with Crippen molar-refractivity contribution in [3.05, 3.63) is 59.7 Å². The Kier molecular flexibility index (Phi) is 6.76. The number of thioether (sulfide) groups is 1. The molecule has 2 saturated heterocycles. The van der Waals surface area contributed by atoms with Crippen LogP contribution in [0.5, 0.6) is 11.5 Å². The zero-order chi connectivity index (χ0) is 22.7. The topological polar surface area (TPSA) is 85.3 Å². The highest BCUT2D eigenvalue weighted by Crippen LogP contribution is 2.38. The van der Waals surface area contributed by atoms with E-state index in [9.17, 15) is 13.2 Å². The van der Waals surface area contributed by atoms with Crippen LogP contribution >= 0.6 is 11.8 Å². The number of ether oxygens (including phenoxy) is 2. The van der Waals surface area contributed by atoms with Crippen molar-refractivity contribution < 1.29 is 22.7 Å². The normalized spacial score (nSPS) is 22.7. The number of methoxy groups -OCH3 is 2. The zero-order valence-corrected chi connectivity index (χ0v) is 19.7. The third-order valence-electron chi connectivity index (χ3n) is 5.71. The van der Waals surface area contributed by atoms with E-state index < -0.39 is 9.84 Å². The van der Waals surface area contributed by atoms with Gasteiger partial charge in [0.1, 0.15) is 11.5 Å². The number of rotatable bonds is 7. The van der Waals surface area contributed by atoms with E-state index in [2.05, 4.69) is 4.99 Å². The van der Waals surface area contributed by atoms with Gasteiger partial charge in [0, 0.05) is 11.8 Å². The number of hydrogen-bond acceptors (Lipinski definition) is 6. The van der Waals surface area contributed by atoms with Crippen molar-refractivity contribution in [3.8, 4) is 11.5 Å². The van der Waals surface area contributed by atoms with Crippen LogP contribution in [0.25, 0.3) is 0 Å². The molecule has 0 unspecified atom stereocenters. The van der Waals surface area contributed by atoms with Gasteiger partial charge in [0.15, 0.2) is 15.0 Å². The number of fused-ring (bicyclic) bond motifs is 1. The molecule has 7 nitrogen and oxygen atoms in total. The first-order valence-electron chi connectivity index (χ1n) is 10.4. The first-order valence-corrected chi connectivity index (χ1v) is 13.1. The Balaban J connectivity index is 1.48. The molecule has 1 amide bonds. The molecule has 2 heterocycles. The van der Waals surface area contributed by atoms with Gasteiger partial charge in [-0.15, -0.1) is 0 Å². The summed E-state index contributed by atoms with van der Waals surface area (Å²) in [5.41, 5.74) is 1.97. The smallest absolute Gasteiger partial charge is 0.252 e. The van der Waals surface area contributed by atoms with Gasteiger partial charge in [-0.3, -0.25) is 4.79 Å². The van der Waals surface area contributed by atoms with Crippen molar-refractivity contribution in [1.29, 1.82) is 0 Å². The fourth-order valence-electron chi connectivity index (χ4n) is 4.00. The Bertz CT molecular complexity index is 1100. The summed E-state index contributed by atoms with van der Waals surface area (Å²) in [6.07, 6.45) is 0.910. The second-order valence-electron chi connectivity index (χ2n) is 7.90. The number of benzene rings is 2. The van der Waals surface area contributed by atoms with Crippen molar-refractivity contribution in [2.45, 2.75) is 24.1 Å². The lowest BCUT2D eigenvalue weighted by Gasteiger charge is -2.24. The van der Waals surface area contributed by atoms with E-state index in [0.717, 1.165) is 29.0 Å². The van der Waals surface area contributed by atoms with E-state index in [4.69, 9.17) is 9.47 Å². The Labute approximate surface area is 192 Å². The van der Waals surface area contributed by atoms with Gasteiger partial charge >= 0.3 is 0 Å². The highest BCUT2D eigenvalue weighted by Gasteiger charge is 2.48. The molecule has 2 fully saturated rings. The zero-order valence-electron chi connectivity index (χ0n) is 18.1. The minimum absolute atomic E-state index is 0.0802. The van der Waals surface area contributed by atoms with Gasteiger partial charge < -0.3 is 14.4 Å². The number of carbonyl (C=O) groups excluding carboxylic acids is 1. The monoisotopic (exact) mass is 474 g/mol. The third kappa shape index (κ3) is 5.27. The summed E-state index contributed by atoms with van der Waals surface area (Å²) in [5.74, 6) is 1.53. The van der Waals surface area contributed by atoms with Gasteiger partial charge in [0.25, 0.3) is 5.91 Å². The number of nitrogens with zero attached hydrogens (tertiary/aromatic N) is 2. The van der Waals surface area contributed by atoms with E-state index in [1.165, 1.54) is 11.8 Å². The molecule has 32 heavy (non-hydrogen) atoms. The van der Waals surface area contributed by atoms with Crippen LogP contribution in [-0.4, -0.2) is 68.0 Å². The predicted octanol–water partition coefficient (Wildman–Crippen LogP) is 2.59. The summed E-state index contributed by atoms with van der Waals surface area (Å²) in [6.45, 7) is 0.602. The number of hydrogen-bond donors (Lipinski definition) is 0. The van der Waals surface area contributed by atoms with Gasteiger partial charge in [-0.05, 0) is 41.8 Å². The van der Waals surface area contributed by atoms with E-state index in [1.54, 1.807) is 14.2 Å². The molecule has 0 saturated carbocycles. The molecule has 0 bridgehead atoms. The van der Waals surface area contributed by atoms with Gasteiger partial charge in [0.2, 0.25) is 0 Å². The lowest BCUT2D eigenvalue weighted by Crippen LogP contribution is -2.39. The number of amides is 1. The summed E-state index contributed by atoms with van der Waals surface area (Å²) < 4.78 is 34.7. The van der Waals surface area contributed by atoms with Crippen LogP contribution in [0.15, 0.2) is 53.5 Å². The molecule has 0 aromatic heterocycles. The molecule has 0 radical (unpaired) electrons. The van der Waals surface area contributed by atoms with Crippen LogP contribution < -0.4 is 9.47 Å². The van der Waals surface area contributed by atoms with E-state index in [1.807, 2.05) is 53.4 Å². The highest BCUT2D eigenvalue weighted by molar-refractivity contribution is 8.15. The lowest BCUT2D eigenvalue weighted by molar-refractivity contribution is -0.117. The van der Waals surface area contributed by atoms with E-state index >= 15 is 0 Å². The van der Waals surface area contributed by atoms with Crippen molar-refractivity contribution >= 4 is 32.7 Å². The molecule has 0 aliphatic carbocycles. The quantitative estimate of drug-likeness (QED) is 0.610. The van der Waals surface area contributed by atoms with Crippen LogP contribution in [0, 0.1) is 0 Å². The predicted molar refractivity (Wildman–Crippen MR) is 126 cm³/mol. The van der Waals surface area contributed by atoms with Crippen LogP contribution in [0.1, 0.15) is 11.1 Å². The molecule has 170 valence electrons. The van der Waals surface area contributed by atoms with Gasteiger partial charge in [0.05, 0.1) is 38.2 Å². The van der Waals surface area contributed by atoms with E-state index in [-0.39, 0.29) is 35.1 Å². The van der Waals surface area contributed by atoms with Crippen molar-refractivity contribution in [2.75, 3.05) is 32.3 Å². The molecule has 2 aromatic rings. The first-order chi connectivity index (χ1) is 15.4. The molecular formula is C23H26N2O5S2. The number of sulfone groups is 1. The van der Waals surface area contributed by atoms with Crippen LogP contribution in [0.4, 0.5) is 0 Å². The summed E-state index contributed by atoms with van der Waals surface area (Å²) in [6, 6.07) is 15.0. The second kappa shape index (κ2) is 9.54. The summed E-state index contributed by atoms with van der Waals surface area (Å²) >= 11 is 1.41. The fourth-order valence-corrected chi connectivity index (χ4v) is 8.00. The molecule has 0 spiro atoms. The maximum atomic E-state index is 12.7. The van der Waals surface area contributed by atoms with Crippen molar-refractivity contribution in [3.63, 3.8) is 0 Å². The minimum Gasteiger partial charge on any atom is -0.497 e. The lowest BCUT2D eigenvalue weighted by atomic mass is 10.1. The Morgan fingerprint density at radius 3 is 2.19 bits per heavy atom. The number of amidine groups is 1. The molecular weight excluding hydrogens is 448 g/mol. The number of aliphatic imine (C=N–C) groups is 1. The minimum atomic E-state index is -3.07. The maximum absolute atomic E-state index is 12.7. The highest BCUT2D eigenvalue weighted by atomic mass is 32.2. The molecule has 2 aliphatic heterocycles. The van der Waals surface area contributed by atoms with Crippen LogP contribution in [0.2, 0.25) is 0 Å². The largest absolute Gasteiger partial charge is 0.497 e. The SMILES string of the molecule is COc1ccc(CCN2C(=NC(=O)Cc3ccc(OC)cc3)S[C@@H]3CS(=O)(=O)C[C@H]32)cc1. The Morgan fingerprint density at radius 2 is 1.59 bits per heavy atom. The average Bonchev–Trinajstić information content (AvgIpc) is 3.23. The molecule has 0 N–H and O–H groups in total. The molecule has 2 aliphatic rings. The molecule has 2 aromatic carbocycles. The first kappa shape index (κ1) is 22.7. The molecule has 2 atom stereocenters. The third-order valence-corrected chi connectivity index (χ3v) is 8.96. The van der Waals surface area contributed by atoms with Crippen molar-refractivity contribution in [2.24, 2.45) is 4.99 Å². The van der Waals surface area contributed by atoms with Gasteiger partial charge in [-0.1, -0.05) is 36.0 Å². The standard InChI is InChI=1S/C23H26N2O5S2/c1-29-18-7-3-16(4-8-18)11-12-25-20-14-32(27,28)15-21(20)31-23(25)24-22(26)13-17-5-9-19(30-2)10-6-17/h3-10,20-21H,11-15H2,1-2H3/t20-,21-/m1/s1. The van der Waals surface area contributed by atoms with Crippen LogP contribution in [-0.2, 0) is 27.5 Å². The van der Waals surface area contributed by atoms with E-state index in [0.29, 0.717) is 11.7 Å². The Morgan fingerprint density at radius 1 is 1.00 bits per heavy atom. The van der Waals surface area contributed by atoms with Gasteiger partial charge in [-0.25, -0.2) is 8.42 Å². The maximum Gasteiger partial charge on any atom is 0.252 e. The summed E-state index contributed by atoms with van der Waals surface area (Å²) in [5, 5.41) is 0.547. The summed E-state index contributed by atoms with van der Waals surface area (Å²) in [7, 11) is 0.158. The van der Waals surface area contributed by atoms with Crippen LogP contribution in [0.3, 0.4) is 0 Å². The second-order valence-corrected chi connectivity index (χ2v) is 11.3. The average molecular weight is 475 g/mol. The molecule has 9 heteroatoms. The molecule has 4 rings (SSSR count). The van der Waals surface area contributed by atoms with Crippen molar-refractivity contribution in [1.82, 2.24) is 4.90 Å². The summed E-state index contributed by atoms with van der Waals surface area (Å²) in [4.78, 5) is 19.1. The Hall–Kier alpha value is -2.52.